The van der Waals surface area contributed by atoms with Crippen LogP contribution in [0.25, 0.3) is 11.3 Å². The Kier molecular flexibility index (Phi) is 4.44. The van der Waals surface area contributed by atoms with Gasteiger partial charge in [-0.25, -0.2) is 9.97 Å². The van der Waals surface area contributed by atoms with Crippen LogP contribution < -0.4 is 5.32 Å². The molecule has 0 amide bonds. The molecule has 0 aliphatic carbocycles. The fraction of sp³-hybridized carbons (Fsp3) is 0.462. The Morgan fingerprint density at radius 2 is 2.00 bits per heavy atom. The van der Waals surface area contributed by atoms with Gasteiger partial charge < -0.3 is 5.32 Å². The Balaban J connectivity index is 2.43. The lowest BCUT2D eigenvalue weighted by atomic mass is 10.2. The molecule has 5 nitrogen and oxygen atoms in total. The minimum atomic E-state index is -4.51. The molecule has 8 heteroatoms. The maximum Gasteiger partial charge on any atom is 0.433 e. The molecular formula is C13H16F3N5. The van der Waals surface area contributed by atoms with Crippen LogP contribution in [-0.4, -0.2) is 26.3 Å². The van der Waals surface area contributed by atoms with Crippen molar-refractivity contribution in [3.8, 4) is 11.3 Å². The monoisotopic (exact) mass is 299 g/mol. The molecule has 0 spiro atoms. The average Bonchev–Trinajstić information content (AvgIpc) is 2.87. The van der Waals surface area contributed by atoms with Gasteiger partial charge in [0.25, 0.3) is 0 Å². The van der Waals surface area contributed by atoms with Crippen LogP contribution in [0, 0.1) is 0 Å². The Labute approximate surface area is 120 Å². The minimum absolute atomic E-state index is 0.0365. The molecule has 0 unspecified atom stereocenters. The molecule has 0 aliphatic heterocycles. The van der Waals surface area contributed by atoms with Crippen LogP contribution in [0.5, 0.6) is 0 Å². The lowest BCUT2D eigenvalue weighted by Gasteiger charge is -2.10. The number of aromatic nitrogens is 4. The van der Waals surface area contributed by atoms with E-state index in [1.807, 2.05) is 6.92 Å². The van der Waals surface area contributed by atoms with Gasteiger partial charge in [0.05, 0.1) is 11.9 Å². The predicted octanol–water partition coefficient (Wildman–Crippen LogP) is 3.20. The predicted molar refractivity (Wildman–Crippen MR) is 72.7 cm³/mol. The van der Waals surface area contributed by atoms with Crippen molar-refractivity contribution in [1.29, 1.82) is 0 Å². The first-order valence-electron chi connectivity index (χ1n) is 6.67. The van der Waals surface area contributed by atoms with Crippen molar-refractivity contribution in [2.24, 2.45) is 0 Å². The normalized spacial score (nSPS) is 11.7. The summed E-state index contributed by atoms with van der Waals surface area (Å²) in [7, 11) is 0. The van der Waals surface area contributed by atoms with Crippen molar-refractivity contribution < 1.29 is 13.2 Å². The van der Waals surface area contributed by atoms with Gasteiger partial charge >= 0.3 is 6.18 Å². The summed E-state index contributed by atoms with van der Waals surface area (Å²) in [5, 5.41) is 6.82. The number of hydrogen-bond acceptors (Lipinski definition) is 4. The molecule has 0 saturated carbocycles. The first kappa shape index (κ1) is 15.3. The number of aryl methyl sites for hydroxylation is 1. The smallest absolute Gasteiger partial charge is 0.354 e. The standard InChI is InChI=1S/C13H16F3N5/c1-3-5-21-8-9(7-18-21)10-6-11(13(14,15)16)20-12(19-10)17-4-2/h6-8H,3-5H2,1-2H3,(H,17,19,20). The maximum atomic E-state index is 12.9. The molecule has 2 heterocycles. The van der Waals surface area contributed by atoms with Gasteiger partial charge in [-0.3, -0.25) is 4.68 Å². The third-order valence-electron chi connectivity index (χ3n) is 2.73. The first-order chi connectivity index (χ1) is 9.94. The highest BCUT2D eigenvalue weighted by Gasteiger charge is 2.33. The fourth-order valence-electron chi connectivity index (χ4n) is 1.82. The molecule has 0 aromatic carbocycles. The van der Waals surface area contributed by atoms with Crippen LogP contribution in [0.15, 0.2) is 18.5 Å². The largest absolute Gasteiger partial charge is 0.433 e. The molecule has 0 radical (unpaired) electrons. The molecule has 0 atom stereocenters. The number of nitrogens with zero attached hydrogens (tertiary/aromatic N) is 4. The molecule has 0 aliphatic rings. The summed E-state index contributed by atoms with van der Waals surface area (Å²) >= 11 is 0. The van der Waals surface area contributed by atoms with Crippen LogP contribution in [-0.2, 0) is 12.7 Å². The van der Waals surface area contributed by atoms with E-state index in [1.54, 1.807) is 17.8 Å². The van der Waals surface area contributed by atoms with Crippen LogP contribution >= 0.6 is 0 Å². The molecule has 2 aromatic rings. The van der Waals surface area contributed by atoms with Crippen molar-refractivity contribution in [2.45, 2.75) is 33.0 Å². The van der Waals surface area contributed by atoms with Crippen LogP contribution in [0.2, 0.25) is 0 Å². The van der Waals surface area contributed by atoms with E-state index in [0.717, 1.165) is 12.5 Å². The summed E-state index contributed by atoms with van der Waals surface area (Å²) in [6, 6.07) is 0.939. The Morgan fingerprint density at radius 3 is 2.62 bits per heavy atom. The lowest BCUT2D eigenvalue weighted by molar-refractivity contribution is -0.141. The van der Waals surface area contributed by atoms with E-state index < -0.39 is 11.9 Å². The fourth-order valence-corrected chi connectivity index (χ4v) is 1.82. The van der Waals surface area contributed by atoms with E-state index in [4.69, 9.17) is 0 Å². The van der Waals surface area contributed by atoms with Crippen molar-refractivity contribution >= 4 is 5.95 Å². The highest BCUT2D eigenvalue weighted by atomic mass is 19.4. The number of rotatable bonds is 5. The third kappa shape index (κ3) is 3.71. The van der Waals surface area contributed by atoms with Crippen molar-refractivity contribution in [3.63, 3.8) is 0 Å². The molecule has 0 saturated heterocycles. The molecule has 0 bridgehead atoms. The van der Waals surface area contributed by atoms with E-state index in [0.29, 0.717) is 18.7 Å². The quantitative estimate of drug-likeness (QED) is 0.921. The number of hydrogen-bond donors (Lipinski definition) is 1. The molecule has 2 aromatic heterocycles. The van der Waals surface area contributed by atoms with E-state index in [9.17, 15) is 13.2 Å². The van der Waals surface area contributed by atoms with Crippen LogP contribution in [0.4, 0.5) is 19.1 Å². The topological polar surface area (TPSA) is 55.6 Å². The van der Waals surface area contributed by atoms with Crippen LogP contribution in [0.1, 0.15) is 26.0 Å². The molecular weight excluding hydrogens is 283 g/mol. The average molecular weight is 299 g/mol. The Hall–Kier alpha value is -2.12. The maximum absolute atomic E-state index is 12.9. The zero-order valence-corrected chi connectivity index (χ0v) is 11.8. The minimum Gasteiger partial charge on any atom is -0.354 e. The van der Waals surface area contributed by atoms with Crippen molar-refractivity contribution in [3.05, 3.63) is 24.2 Å². The molecule has 1 N–H and O–H groups in total. The van der Waals surface area contributed by atoms with Gasteiger partial charge in [-0.15, -0.1) is 0 Å². The summed E-state index contributed by atoms with van der Waals surface area (Å²) in [5.74, 6) is -0.0365. The van der Waals surface area contributed by atoms with Gasteiger partial charge in [0, 0.05) is 24.8 Å². The number of nitrogens with one attached hydrogen (secondary N) is 1. The highest BCUT2D eigenvalue weighted by Crippen LogP contribution is 2.31. The van der Waals surface area contributed by atoms with E-state index in [1.165, 1.54) is 6.20 Å². The second-order valence-corrected chi connectivity index (χ2v) is 4.48. The van der Waals surface area contributed by atoms with Gasteiger partial charge in [-0.2, -0.15) is 18.3 Å². The summed E-state index contributed by atoms with van der Waals surface area (Å²) in [6.07, 6.45) is -0.432. The van der Waals surface area contributed by atoms with E-state index >= 15 is 0 Å². The molecule has 2 rings (SSSR count). The highest BCUT2D eigenvalue weighted by molar-refractivity contribution is 5.59. The second-order valence-electron chi connectivity index (χ2n) is 4.48. The summed E-state index contributed by atoms with van der Waals surface area (Å²) in [6.45, 7) is 4.91. The van der Waals surface area contributed by atoms with Crippen LogP contribution in [0.3, 0.4) is 0 Å². The molecule has 21 heavy (non-hydrogen) atoms. The molecule has 0 fully saturated rings. The third-order valence-corrected chi connectivity index (χ3v) is 2.73. The Morgan fingerprint density at radius 1 is 1.24 bits per heavy atom. The number of alkyl halides is 3. The van der Waals surface area contributed by atoms with E-state index in [2.05, 4.69) is 20.4 Å². The summed E-state index contributed by atoms with van der Waals surface area (Å²) in [5.41, 5.74) is -0.224. The first-order valence-corrected chi connectivity index (χ1v) is 6.67. The lowest BCUT2D eigenvalue weighted by Crippen LogP contribution is -2.12. The Bertz CT molecular complexity index is 606. The SMILES string of the molecule is CCCn1cc(-c2cc(C(F)(F)F)nc(NCC)n2)cn1. The summed E-state index contributed by atoms with van der Waals surface area (Å²) < 4.78 is 40.4. The van der Waals surface area contributed by atoms with Gasteiger partial charge in [0.2, 0.25) is 5.95 Å². The number of anilines is 1. The summed E-state index contributed by atoms with van der Waals surface area (Å²) in [4.78, 5) is 7.59. The van der Waals surface area contributed by atoms with Gasteiger partial charge in [-0.1, -0.05) is 6.92 Å². The zero-order chi connectivity index (χ0) is 15.5. The van der Waals surface area contributed by atoms with Crippen molar-refractivity contribution in [2.75, 3.05) is 11.9 Å². The molecule has 114 valence electrons. The van der Waals surface area contributed by atoms with E-state index in [-0.39, 0.29) is 11.6 Å². The second kappa shape index (κ2) is 6.11. The van der Waals surface area contributed by atoms with Crippen molar-refractivity contribution in [1.82, 2.24) is 19.7 Å². The van der Waals surface area contributed by atoms with Gasteiger partial charge in [0.1, 0.15) is 0 Å². The zero-order valence-electron chi connectivity index (χ0n) is 11.8. The van der Waals surface area contributed by atoms with Gasteiger partial charge in [-0.05, 0) is 19.4 Å². The van der Waals surface area contributed by atoms with Gasteiger partial charge in [0.15, 0.2) is 5.69 Å². The number of halogens is 3.